The number of unbranched alkanes of at least 4 members (excludes halogenated alkanes) is 2. The van der Waals surface area contributed by atoms with E-state index < -0.39 is 5.60 Å². The molecule has 0 saturated carbocycles. The standard InChI is InChI=1S/C15H24N2O3/c1-12-8-9-13(18)17(12)11-7-5-6-10-16-14(19)20-15(2,3)4/h8-9H,1,5-7,10-11H2,2-4H3,(H,16,19). The summed E-state index contributed by atoms with van der Waals surface area (Å²) in [5.41, 5.74) is 0.287. The first-order chi connectivity index (χ1) is 9.29. The number of hydrogen-bond acceptors (Lipinski definition) is 3. The van der Waals surface area contributed by atoms with Crippen LogP contribution in [0.15, 0.2) is 24.4 Å². The van der Waals surface area contributed by atoms with E-state index in [9.17, 15) is 9.59 Å². The minimum absolute atomic E-state index is 0.00174. The van der Waals surface area contributed by atoms with Crippen LogP contribution in [0, 0.1) is 0 Å². The zero-order valence-electron chi connectivity index (χ0n) is 12.6. The highest BCUT2D eigenvalue weighted by Gasteiger charge is 2.17. The number of carbonyl (C=O) groups excluding carboxylic acids is 2. The molecule has 0 bridgehead atoms. The van der Waals surface area contributed by atoms with Crippen molar-refractivity contribution in [2.45, 2.75) is 45.6 Å². The molecule has 0 aliphatic carbocycles. The van der Waals surface area contributed by atoms with Gasteiger partial charge in [0, 0.05) is 24.9 Å². The smallest absolute Gasteiger partial charge is 0.407 e. The highest BCUT2D eigenvalue weighted by molar-refractivity contribution is 5.92. The lowest BCUT2D eigenvalue weighted by Gasteiger charge is -2.19. The summed E-state index contributed by atoms with van der Waals surface area (Å²) in [7, 11) is 0. The van der Waals surface area contributed by atoms with Crippen LogP contribution in [0.4, 0.5) is 4.79 Å². The van der Waals surface area contributed by atoms with Crippen molar-refractivity contribution in [3.8, 4) is 0 Å². The predicted molar refractivity (Wildman–Crippen MR) is 78.1 cm³/mol. The lowest BCUT2D eigenvalue weighted by molar-refractivity contribution is -0.123. The number of ether oxygens (including phenoxy) is 1. The molecule has 0 fully saturated rings. The fourth-order valence-corrected chi connectivity index (χ4v) is 1.82. The molecule has 112 valence electrons. The Morgan fingerprint density at radius 1 is 1.30 bits per heavy atom. The van der Waals surface area contributed by atoms with Crippen molar-refractivity contribution in [2.24, 2.45) is 0 Å². The molecule has 20 heavy (non-hydrogen) atoms. The molecule has 0 aromatic carbocycles. The highest BCUT2D eigenvalue weighted by Crippen LogP contribution is 2.14. The summed E-state index contributed by atoms with van der Waals surface area (Å²) in [6, 6.07) is 0. The van der Waals surface area contributed by atoms with Gasteiger partial charge in [0.2, 0.25) is 0 Å². The molecular weight excluding hydrogens is 256 g/mol. The first-order valence-electron chi connectivity index (χ1n) is 6.95. The third kappa shape index (κ3) is 5.91. The van der Waals surface area contributed by atoms with Gasteiger partial charge in [0.05, 0.1) is 0 Å². The fourth-order valence-electron chi connectivity index (χ4n) is 1.82. The molecule has 0 spiro atoms. The summed E-state index contributed by atoms with van der Waals surface area (Å²) in [6.07, 6.45) is 5.57. The second-order valence-electron chi connectivity index (χ2n) is 5.80. The van der Waals surface area contributed by atoms with E-state index in [1.54, 1.807) is 11.0 Å². The van der Waals surface area contributed by atoms with Gasteiger partial charge in [-0.25, -0.2) is 4.79 Å². The Hall–Kier alpha value is -1.78. The van der Waals surface area contributed by atoms with E-state index in [0.717, 1.165) is 25.0 Å². The quantitative estimate of drug-likeness (QED) is 0.761. The number of amides is 2. The van der Waals surface area contributed by atoms with Crippen molar-refractivity contribution < 1.29 is 14.3 Å². The van der Waals surface area contributed by atoms with Crippen molar-refractivity contribution in [1.29, 1.82) is 0 Å². The van der Waals surface area contributed by atoms with Crippen molar-refractivity contribution in [2.75, 3.05) is 13.1 Å². The van der Waals surface area contributed by atoms with E-state index in [0.29, 0.717) is 13.1 Å². The van der Waals surface area contributed by atoms with Crippen LogP contribution in [0.25, 0.3) is 0 Å². The number of nitrogens with one attached hydrogen (secondary N) is 1. The summed E-state index contributed by atoms with van der Waals surface area (Å²) >= 11 is 0. The van der Waals surface area contributed by atoms with Gasteiger partial charge in [0.15, 0.2) is 0 Å². The molecule has 0 saturated heterocycles. The number of carbonyl (C=O) groups is 2. The summed E-state index contributed by atoms with van der Waals surface area (Å²) in [6.45, 7) is 10.6. The average Bonchev–Trinajstić information content (AvgIpc) is 2.62. The van der Waals surface area contributed by atoms with Gasteiger partial charge >= 0.3 is 6.09 Å². The van der Waals surface area contributed by atoms with Gasteiger partial charge in [-0.2, -0.15) is 0 Å². The maximum absolute atomic E-state index is 11.4. The fraction of sp³-hybridized carbons (Fsp3) is 0.600. The number of allylic oxidation sites excluding steroid dienone is 1. The van der Waals surface area contributed by atoms with Gasteiger partial charge in [-0.1, -0.05) is 6.58 Å². The predicted octanol–water partition coefficient (Wildman–Crippen LogP) is 2.59. The topological polar surface area (TPSA) is 58.6 Å². The van der Waals surface area contributed by atoms with Crippen LogP contribution in [0.5, 0.6) is 0 Å². The Balaban J connectivity index is 2.04. The third-order valence-electron chi connectivity index (χ3n) is 2.76. The maximum atomic E-state index is 11.4. The summed E-state index contributed by atoms with van der Waals surface area (Å²) in [4.78, 5) is 24.5. The summed E-state index contributed by atoms with van der Waals surface area (Å²) in [5.74, 6) is 0.00174. The van der Waals surface area contributed by atoms with E-state index in [4.69, 9.17) is 4.74 Å². The van der Waals surface area contributed by atoms with E-state index in [1.807, 2.05) is 20.8 Å². The van der Waals surface area contributed by atoms with E-state index in [1.165, 1.54) is 6.08 Å². The van der Waals surface area contributed by atoms with Crippen LogP contribution < -0.4 is 5.32 Å². The molecule has 1 heterocycles. The van der Waals surface area contributed by atoms with Gasteiger partial charge in [0.1, 0.15) is 5.60 Å². The molecule has 1 N–H and O–H groups in total. The molecule has 1 rings (SSSR count). The highest BCUT2D eigenvalue weighted by atomic mass is 16.6. The van der Waals surface area contributed by atoms with Crippen molar-refractivity contribution >= 4 is 12.0 Å². The minimum atomic E-state index is -0.465. The molecule has 0 aromatic rings. The van der Waals surface area contributed by atoms with E-state index in [-0.39, 0.29) is 12.0 Å². The number of hydrogen-bond donors (Lipinski definition) is 1. The van der Waals surface area contributed by atoms with Gasteiger partial charge in [0.25, 0.3) is 5.91 Å². The van der Waals surface area contributed by atoms with Crippen molar-refractivity contribution in [3.63, 3.8) is 0 Å². The lowest BCUT2D eigenvalue weighted by atomic mass is 10.2. The van der Waals surface area contributed by atoms with Crippen molar-refractivity contribution in [3.05, 3.63) is 24.4 Å². The molecule has 1 aliphatic heterocycles. The van der Waals surface area contributed by atoms with Crippen molar-refractivity contribution in [1.82, 2.24) is 10.2 Å². The second-order valence-corrected chi connectivity index (χ2v) is 5.80. The van der Waals surface area contributed by atoms with Crippen LogP contribution in [0.1, 0.15) is 40.0 Å². The lowest BCUT2D eigenvalue weighted by Crippen LogP contribution is -2.33. The first-order valence-corrected chi connectivity index (χ1v) is 6.95. The Morgan fingerprint density at radius 2 is 2.00 bits per heavy atom. The van der Waals surface area contributed by atoms with E-state index >= 15 is 0 Å². The zero-order chi connectivity index (χ0) is 15.2. The van der Waals surface area contributed by atoms with Gasteiger partial charge in [-0.3, -0.25) is 4.79 Å². The summed E-state index contributed by atoms with van der Waals surface area (Å²) < 4.78 is 5.13. The second kappa shape index (κ2) is 7.12. The molecule has 0 aromatic heterocycles. The summed E-state index contributed by atoms with van der Waals surface area (Å²) in [5, 5.41) is 2.71. The van der Waals surface area contributed by atoms with Crippen LogP contribution in [0.2, 0.25) is 0 Å². The van der Waals surface area contributed by atoms with Gasteiger partial charge in [-0.15, -0.1) is 0 Å². The van der Waals surface area contributed by atoms with Crippen LogP contribution in [-0.4, -0.2) is 35.6 Å². The molecule has 0 radical (unpaired) electrons. The Bertz CT molecular complexity index is 390. The SMILES string of the molecule is C=C1C=CC(=O)N1CCCCCNC(=O)OC(C)(C)C. The normalized spacial score (nSPS) is 14.8. The minimum Gasteiger partial charge on any atom is -0.444 e. The number of rotatable bonds is 6. The molecular formula is C15H24N2O3. The van der Waals surface area contributed by atoms with Crippen LogP contribution in [-0.2, 0) is 9.53 Å². The first kappa shape index (κ1) is 16.3. The van der Waals surface area contributed by atoms with Crippen LogP contribution in [0.3, 0.4) is 0 Å². The Labute approximate surface area is 120 Å². The van der Waals surface area contributed by atoms with E-state index in [2.05, 4.69) is 11.9 Å². The molecule has 5 heteroatoms. The maximum Gasteiger partial charge on any atom is 0.407 e. The zero-order valence-corrected chi connectivity index (χ0v) is 12.6. The number of alkyl carbamates (subject to hydrolysis) is 1. The largest absolute Gasteiger partial charge is 0.444 e. The average molecular weight is 280 g/mol. The molecule has 2 amide bonds. The molecule has 0 unspecified atom stereocenters. The monoisotopic (exact) mass is 280 g/mol. The third-order valence-corrected chi connectivity index (χ3v) is 2.76. The van der Waals surface area contributed by atoms with Crippen LogP contribution >= 0.6 is 0 Å². The molecule has 5 nitrogen and oxygen atoms in total. The number of nitrogens with zero attached hydrogens (tertiary/aromatic N) is 1. The molecule has 1 aliphatic rings. The Kier molecular flexibility index (Phi) is 5.80. The molecule has 0 atom stereocenters. The Morgan fingerprint density at radius 3 is 2.55 bits per heavy atom. The van der Waals surface area contributed by atoms with Gasteiger partial charge < -0.3 is 15.0 Å². The van der Waals surface area contributed by atoms with Gasteiger partial charge in [-0.05, 0) is 46.1 Å².